The van der Waals surface area contributed by atoms with Crippen LogP contribution < -0.4 is 0 Å². The maximum Gasteiger partial charge on any atom is 0.167 e. The summed E-state index contributed by atoms with van der Waals surface area (Å²) in [6.45, 7) is 0. The number of nitriles is 1. The lowest BCUT2D eigenvalue weighted by molar-refractivity contribution is 0.628. The van der Waals surface area contributed by atoms with Crippen molar-refractivity contribution in [3.8, 4) is 17.3 Å². The molecular weight excluding hydrogens is 241 g/mol. The lowest BCUT2D eigenvalue weighted by Crippen LogP contribution is -1.95. The van der Waals surface area contributed by atoms with Crippen LogP contribution in [-0.4, -0.2) is 9.97 Å². The molecule has 0 unspecified atom stereocenters. The third-order valence-electron chi connectivity index (χ3n) is 2.79. The molecule has 2 aromatic carbocycles. The molecule has 0 saturated carbocycles. The maximum atomic E-state index is 12.9. The van der Waals surface area contributed by atoms with Crippen molar-refractivity contribution in [1.82, 2.24) is 9.97 Å². The lowest BCUT2D eigenvalue weighted by atomic mass is 10.1. The minimum Gasteiger partial charge on any atom is -0.243 e. The van der Waals surface area contributed by atoms with E-state index >= 15 is 0 Å². The average Bonchev–Trinajstić information content (AvgIpc) is 2.46. The number of fused-ring (bicyclic) bond motifs is 1. The van der Waals surface area contributed by atoms with E-state index in [1.54, 1.807) is 18.2 Å². The molecule has 0 amide bonds. The van der Waals surface area contributed by atoms with Crippen molar-refractivity contribution in [2.24, 2.45) is 0 Å². The van der Waals surface area contributed by atoms with Crippen LogP contribution in [0.5, 0.6) is 0 Å². The molecule has 4 heteroatoms. The summed E-state index contributed by atoms with van der Waals surface area (Å²) in [6.07, 6.45) is 0. The number of rotatable bonds is 1. The highest BCUT2D eigenvalue weighted by atomic mass is 19.1. The molecule has 3 aromatic rings. The standard InChI is InChI=1S/C15H8FN3/c16-11-7-5-10(6-8-11)15-14(9-17)18-12-3-1-2-4-13(12)19-15/h1-8H. The molecule has 0 N–H and O–H groups in total. The molecule has 3 rings (SSSR count). The van der Waals surface area contributed by atoms with Gasteiger partial charge in [0, 0.05) is 5.56 Å². The molecule has 0 aliphatic rings. The molecule has 0 spiro atoms. The molecule has 90 valence electrons. The first-order valence-corrected chi connectivity index (χ1v) is 5.71. The van der Waals surface area contributed by atoms with Crippen LogP contribution in [0.3, 0.4) is 0 Å². The van der Waals surface area contributed by atoms with Gasteiger partial charge in [-0.2, -0.15) is 5.26 Å². The molecule has 0 fully saturated rings. The highest BCUT2D eigenvalue weighted by Crippen LogP contribution is 2.23. The first-order chi connectivity index (χ1) is 9.28. The van der Waals surface area contributed by atoms with Gasteiger partial charge >= 0.3 is 0 Å². The number of hydrogen-bond acceptors (Lipinski definition) is 3. The molecule has 19 heavy (non-hydrogen) atoms. The SMILES string of the molecule is N#Cc1nc2ccccc2nc1-c1ccc(F)cc1. The topological polar surface area (TPSA) is 49.6 Å². The Kier molecular flexibility index (Phi) is 2.66. The Morgan fingerprint density at radius 2 is 1.53 bits per heavy atom. The summed E-state index contributed by atoms with van der Waals surface area (Å²) in [4.78, 5) is 8.71. The predicted molar refractivity (Wildman–Crippen MR) is 69.6 cm³/mol. The Hall–Kier alpha value is -2.80. The molecular formula is C15H8FN3. The van der Waals surface area contributed by atoms with Gasteiger partial charge in [0.25, 0.3) is 0 Å². The van der Waals surface area contributed by atoms with Gasteiger partial charge in [-0.3, -0.25) is 0 Å². The fourth-order valence-corrected chi connectivity index (χ4v) is 1.89. The van der Waals surface area contributed by atoms with E-state index in [0.717, 1.165) is 0 Å². The van der Waals surface area contributed by atoms with E-state index < -0.39 is 0 Å². The van der Waals surface area contributed by atoms with Crippen molar-refractivity contribution < 1.29 is 4.39 Å². The van der Waals surface area contributed by atoms with Crippen molar-refractivity contribution in [3.05, 3.63) is 60.0 Å². The van der Waals surface area contributed by atoms with Crippen molar-refractivity contribution >= 4 is 11.0 Å². The van der Waals surface area contributed by atoms with Gasteiger partial charge in [0.05, 0.1) is 11.0 Å². The van der Waals surface area contributed by atoms with Gasteiger partial charge in [-0.1, -0.05) is 12.1 Å². The van der Waals surface area contributed by atoms with Crippen molar-refractivity contribution in [3.63, 3.8) is 0 Å². The van der Waals surface area contributed by atoms with Crippen LogP contribution in [0.4, 0.5) is 4.39 Å². The second-order valence-electron chi connectivity index (χ2n) is 4.03. The van der Waals surface area contributed by atoms with Gasteiger partial charge in [-0.15, -0.1) is 0 Å². The zero-order chi connectivity index (χ0) is 13.2. The first-order valence-electron chi connectivity index (χ1n) is 5.71. The molecule has 1 heterocycles. The maximum absolute atomic E-state index is 12.9. The van der Waals surface area contributed by atoms with Gasteiger partial charge in [0.2, 0.25) is 0 Å². The van der Waals surface area contributed by atoms with E-state index in [0.29, 0.717) is 22.3 Å². The summed E-state index contributed by atoms with van der Waals surface area (Å²) >= 11 is 0. The molecule has 0 saturated heterocycles. The molecule has 1 aromatic heterocycles. The van der Waals surface area contributed by atoms with Crippen LogP contribution in [-0.2, 0) is 0 Å². The number of hydrogen-bond donors (Lipinski definition) is 0. The van der Waals surface area contributed by atoms with E-state index in [2.05, 4.69) is 9.97 Å². The van der Waals surface area contributed by atoms with Gasteiger partial charge in [0.1, 0.15) is 17.6 Å². The predicted octanol–water partition coefficient (Wildman–Crippen LogP) is 3.31. The summed E-state index contributed by atoms with van der Waals surface area (Å²) in [6, 6.07) is 15.2. The van der Waals surface area contributed by atoms with Crippen molar-refractivity contribution in [1.29, 1.82) is 5.26 Å². The fourth-order valence-electron chi connectivity index (χ4n) is 1.89. The Morgan fingerprint density at radius 3 is 2.16 bits per heavy atom. The van der Waals surface area contributed by atoms with Crippen LogP contribution in [0.25, 0.3) is 22.3 Å². The average molecular weight is 249 g/mol. The third kappa shape index (κ3) is 2.02. The van der Waals surface area contributed by atoms with Crippen LogP contribution in [0.2, 0.25) is 0 Å². The number of aromatic nitrogens is 2. The van der Waals surface area contributed by atoms with Crippen molar-refractivity contribution in [2.45, 2.75) is 0 Å². The van der Waals surface area contributed by atoms with E-state index in [-0.39, 0.29) is 11.5 Å². The third-order valence-corrected chi connectivity index (χ3v) is 2.79. The molecule has 3 nitrogen and oxygen atoms in total. The molecule has 0 bridgehead atoms. The summed E-state index contributed by atoms with van der Waals surface area (Å²) in [5.74, 6) is -0.323. The Balaban J connectivity index is 2.27. The van der Waals surface area contributed by atoms with E-state index in [1.807, 2.05) is 24.3 Å². The Bertz CT molecular complexity index is 789. The zero-order valence-corrected chi connectivity index (χ0v) is 9.84. The zero-order valence-electron chi connectivity index (χ0n) is 9.84. The number of halogens is 1. The minimum absolute atomic E-state index is 0.241. The highest BCUT2D eigenvalue weighted by Gasteiger charge is 2.10. The number of benzene rings is 2. The smallest absolute Gasteiger partial charge is 0.167 e. The number of para-hydroxylation sites is 2. The van der Waals surface area contributed by atoms with Gasteiger partial charge in [-0.05, 0) is 36.4 Å². The van der Waals surface area contributed by atoms with E-state index in [4.69, 9.17) is 5.26 Å². The monoisotopic (exact) mass is 249 g/mol. The summed E-state index contributed by atoms with van der Waals surface area (Å²) in [7, 11) is 0. The fraction of sp³-hybridized carbons (Fsp3) is 0. The molecule has 0 aliphatic heterocycles. The van der Waals surface area contributed by atoms with Crippen LogP contribution in [0.15, 0.2) is 48.5 Å². The summed E-state index contributed by atoms with van der Waals surface area (Å²) < 4.78 is 12.9. The molecule has 0 atom stereocenters. The summed E-state index contributed by atoms with van der Waals surface area (Å²) in [5, 5.41) is 9.17. The molecule has 0 aliphatic carbocycles. The first kappa shape index (κ1) is 11.3. The van der Waals surface area contributed by atoms with Gasteiger partial charge in [-0.25, -0.2) is 14.4 Å². The van der Waals surface area contributed by atoms with Gasteiger partial charge < -0.3 is 0 Å². The van der Waals surface area contributed by atoms with Crippen LogP contribution >= 0.6 is 0 Å². The highest BCUT2D eigenvalue weighted by molar-refractivity contribution is 5.79. The van der Waals surface area contributed by atoms with Crippen LogP contribution in [0, 0.1) is 17.1 Å². The lowest BCUT2D eigenvalue weighted by Gasteiger charge is -2.05. The second-order valence-corrected chi connectivity index (χ2v) is 4.03. The largest absolute Gasteiger partial charge is 0.243 e. The Labute approximate surface area is 109 Å². The normalized spacial score (nSPS) is 10.3. The van der Waals surface area contributed by atoms with E-state index in [9.17, 15) is 4.39 Å². The van der Waals surface area contributed by atoms with Crippen molar-refractivity contribution in [2.75, 3.05) is 0 Å². The van der Waals surface area contributed by atoms with Gasteiger partial charge in [0.15, 0.2) is 5.69 Å². The quantitative estimate of drug-likeness (QED) is 0.664. The number of nitrogens with zero attached hydrogens (tertiary/aromatic N) is 3. The minimum atomic E-state index is -0.323. The second kappa shape index (κ2) is 4.46. The van der Waals surface area contributed by atoms with Crippen LogP contribution in [0.1, 0.15) is 5.69 Å². The molecule has 0 radical (unpaired) electrons. The summed E-state index contributed by atoms with van der Waals surface area (Å²) in [5.41, 5.74) is 2.77. The van der Waals surface area contributed by atoms with E-state index in [1.165, 1.54) is 12.1 Å². The Morgan fingerprint density at radius 1 is 0.895 bits per heavy atom.